The lowest BCUT2D eigenvalue weighted by molar-refractivity contribution is -0.249. The second kappa shape index (κ2) is 7.23. The summed E-state index contributed by atoms with van der Waals surface area (Å²) in [4.78, 5) is 12.8. The quantitative estimate of drug-likeness (QED) is 0.461. The van der Waals surface area contributed by atoms with E-state index in [1.807, 2.05) is 0 Å². The zero-order valence-electron chi connectivity index (χ0n) is 22.4. The smallest absolute Gasteiger partial charge is 0.309 e. The summed E-state index contributed by atoms with van der Waals surface area (Å²) >= 11 is 0. The second-order valence-electron chi connectivity index (χ2n) is 15.0. The van der Waals surface area contributed by atoms with Gasteiger partial charge in [-0.15, -0.1) is 0 Å². The summed E-state index contributed by atoms with van der Waals surface area (Å²) in [5, 5.41) is 21.4. The van der Waals surface area contributed by atoms with E-state index in [9.17, 15) is 15.0 Å². The minimum absolute atomic E-state index is 0.00863. The summed E-state index contributed by atoms with van der Waals surface area (Å²) in [7, 11) is 0. The fourth-order valence-electron chi connectivity index (χ4n) is 11.8. The Hall–Kier alpha value is -0.570. The van der Waals surface area contributed by atoms with Crippen LogP contribution >= 0.6 is 0 Å². The first-order chi connectivity index (χ1) is 15.3. The zero-order chi connectivity index (χ0) is 24.2. The largest absolute Gasteiger partial charge is 0.481 e. The number of rotatable bonds is 2. The number of hydrogen-bond donors (Lipinski definition) is 2. The standard InChI is InChI=1S/C30H50O3/c1-18(2)19-10-15-30(25(32)33)17-16-28(6)20(24(19)30)8-9-22-27(5)13-12-23(31)26(3,4)21(27)11-14-29(22,28)7/h18-24,31H,8-17H2,1-7H3,(H,32,33)/t19-,20?,21?,22?,23+,24?,27-,28+,29+,30-/m0/s1. The fraction of sp³-hybridized carbons (Fsp3) is 0.967. The van der Waals surface area contributed by atoms with Gasteiger partial charge in [0, 0.05) is 0 Å². The first kappa shape index (κ1) is 24.1. The van der Waals surface area contributed by atoms with E-state index in [2.05, 4.69) is 48.5 Å². The lowest BCUT2D eigenvalue weighted by Crippen LogP contribution is -2.67. The molecule has 3 heteroatoms. The van der Waals surface area contributed by atoms with Crippen molar-refractivity contribution >= 4 is 5.97 Å². The van der Waals surface area contributed by atoms with Gasteiger partial charge in [-0.25, -0.2) is 0 Å². The molecular weight excluding hydrogens is 408 g/mol. The Bertz CT molecular complexity index is 817. The van der Waals surface area contributed by atoms with Crippen LogP contribution in [0.15, 0.2) is 0 Å². The van der Waals surface area contributed by atoms with Gasteiger partial charge in [-0.1, -0.05) is 48.5 Å². The molecule has 0 radical (unpaired) electrons. The molecule has 0 aromatic heterocycles. The van der Waals surface area contributed by atoms with Crippen LogP contribution in [0.25, 0.3) is 0 Å². The molecule has 188 valence electrons. The van der Waals surface area contributed by atoms with E-state index >= 15 is 0 Å². The minimum atomic E-state index is -0.497. The molecule has 5 aliphatic carbocycles. The van der Waals surface area contributed by atoms with Crippen LogP contribution in [-0.2, 0) is 4.79 Å². The van der Waals surface area contributed by atoms with Gasteiger partial charge in [0.05, 0.1) is 11.5 Å². The summed E-state index contributed by atoms with van der Waals surface area (Å²) in [6, 6.07) is 0. The molecule has 4 unspecified atom stereocenters. The van der Waals surface area contributed by atoms with Gasteiger partial charge >= 0.3 is 5.97 Å². The van der Waals surface area contributed by atoms with E-state index in [-0.39, 0.29) is 27.8 Å². The Morgan fingerprint density at radius 3 is 2.12 bits per heavy atom. The number of aliphatic carboxylic acids is 1. The molecule has 5 rings (SSSR count). The van der Waals surface area contributed by atoms with Crippen LogP contribution in [0.3, 0.4) is 0 Å². The maximum atomic E-state index is 12.8. The number of fused-ring (bicyclic) bond motifs is 7. The lowest BCUT2D eigenvalue weighted by Gasteiger charge is -2.72. The molecular formula is C30H50O3. The highest BCUT2D eigenvalue weighted by Crippen LogP contribution is 2.77. The van der Waals surface area contributed by atoms with Crippen LogP contribution in [0, 0.1) is 62.6 Å². The van der Waals surface area contributed by atoms with Crippen LogP contribution in [0.4, 0.5) is 0 Å². The van der Waals surface area contributed by atoms with Gasteiger partial charge in [-0.05, 0) is 121 Å². The minimum Gasteiger partial charge on any atom is -0.481 e. The van der Waals surface area contributed by atoms with E-state index in [1.165, 1.54) is 25.7 Å². The van der Waals surface area contributed by atoms with E-state index in [4.69, 9.17) is 0 Å². The molecule has 5 aliphatic rings. The van der Waals surface area contributed by atoms with Gasteiger partial charge in [0.1, 0.15) is 0 Å². The summed E-state index contributed by atoms with van der Waals surface area (Å²) in [6.45, 7) is 17.1. The number of carboxylic acids is 1. The van der Waals surface area contributed by atoms with Crippen molar-refractivity contribution in [1.29, 1.82) is 0 Å². The summed E-state index contributed by atoms with van der Waals surface area (Å²) in [6.07, 6.45) is 10.8. The van der Waals surface area contributed by atoms with Crippen LogP contribution in [0.2, 0.25) is 0 Å². The average Bonchev–Trinajstić information content (AvgIpc) is 3.13. The number of carboxylic acid groups (broad SMARTS) is 1. The van der Waals surface area contributed by atoms with Crippen molar-refractivity contribution in [2.45, 2.75) is 119 Å². The van der Waals surface area contributed by atoms with Crippen molar-refractivity contribution in [1.82, 2.24) is 0 Å². The van der Waals surface area contributed by atoms with Crippen LogP contribution in [0.1, 0.15) is 113 Å². The highest BCUT2D eigenvalue weighted by Gasteiger charge is 2.72. The Balaban J connectivity index is 1.56. The second-order valence-corrected chi connectivity index (χ2v) is 15.0. The molecule has 0 bridgehead atoms. The van der Waals surface area contributed by atoms with Gasteiger partial charge in [0.25, 0.3) is 0 Å². The molecule has 3 nitrogen and oxygen atoms in total. The van der Waals surface area contributed by atoms with E-state index in [1.54, 1.807) is 0 Å². The third-order valence-electron chi connectivity index (χ3n) is 13.7. The van der Waals surface area contributed by atoms with Gasteiger partial charge in [-0.2, -0.15) is 0 Å². The number of aliphatic hydroxyl groups excluding tert-OH is 1. The normalized spacial score (nSPS) is 55.3. The lowest BCUT2D eigenvalue weighted by atomic mass is 9.32. The monoisotopic (exact) mass is 458 g/mol. The zero-order valence-corrected chi connectivity index (χ0v) is 22.4. The molecule has 0 aromatic carbocycles. The maximum absolute atomic E-state index is 12.8. The molecule has 33 heavy (non-hydrogen) atoms. The Morgan fingerprint density at radius 1 is 0.788 bits per heavy atom. The number of aliphatic hydroxyl groups is 1. The van der Waals surface area contributed by atoms with E-state index in [0.717, 1.165) is 38.5 Å². The van der Waals surface area contributed by atoms with Gasteiger partial charge < -0.3 is 10.2 Å². The van der Waals surface area contributed by atoms with E-state index < -0.39 is 11.4 Å². The highest BCUT2D eigenvalue weighted by molar-refractivity contribution is 5.76. The van der Waals surface area contributed by atoms with Crippen molar-refractivity contribution in [3.05, 3.63) is 0 Å². The predicted molar refractivity (Wildman–Crippen MR) is 133 cm³/mol. The molecule has 0 aliphatic heterocycles. The average molecular weight is 459 g/mol. The topological polar surface area (TPSA) is 57.5 Å². The first-order valence-electron chi connectivity index (χ1n) is 14.2. The van der Waals surface area contributed by atoms with Crippen molar-refractivity contribution in [3.63, 3.8) is 0 Å². The van der Waals surface area contributed by atoms with E-state index in [0.29, 0.717) is 35.5 Å². The molecule has 0 saturated heterocycles. The molecule has 5 fully saturated rings. The van der Waals surface area contributed by atoms with Crippen LogP contribution in [0.5, 0.6) is 0 Å². The molecule has 5 saturated carbocycles. The number of carbonyl (C=O) groups is 1. The van der Waals surface area contributed by atoms with Crippen molar-refractivity contribution in [3.8, 4) is 0 Å². The molecule has 0 amide bonds. The molecule has 0 aromatic rings. The first-order valence-corrected chi connectivity index (χ1v) is 14.2. The summed E-state index contributed by atoms with van der Waals surface area (Å²) in [5.74, 6) is 2.79. The maximum Gasteiger partial charge on any atom is 0.309 e. The third-order valence-corrected chi connectivity index (χ3v) is 13.7. The molecule has 10 atom stereocenters. The van der Waals surface area contributed by atoms with Gasteiger partial charge in [0.15, 0.2) is 0 Å². The van der Waals surface area contributed by atoms with Crippen LogP contribution in [-0.4, -0.2) is 22.3 Å². The van der Waals surface area contributed by atoms with Gasteiger partial charge in [0.2, 0.25) is 0 Å². The summed E-state index contributed by atoms with van der Waals surface area (Å²) < 4.78 is 0. The SMILES string of the molecule is CC(C)[C@@H]1CC[C@]2(C(=O)O)CC[C@]3(C)C(CCC4[C@@]5(C)CC[C@@H](O)C(C)(C)C5CC[C@]43C)C12. The van der Waals surface area contributed by atoms with Crippen LogP contribution < -0.4 is 0 Å². The molecule has 2 N–H and O–H groups in total. The highest BCUT2D eigenvalue weighted by atomic mass is 16.4. The Kier molecular flexibility index (Phi) is 5.29. The molecule has 0 spiro atoms. The fourth-order valence-corrected chi connectivity index (χ4v) is 11.8. The molecule has 0 heterocycles. The van der Waals surface area contributed by atoms with Crippen molar-refractivity contribution in [2.24, 2.45) is 62.6 Å². The van der Waals surface area contributed by atoms with Gasteiger partial charge in [-0.3, -0.25) is 4.79 Å². The number of hydrogen-bond acceptors (Lipinski definition) is 2. The Labute approximate surface area is 202 Å². The third kappa shape index (κ3) is 2.81. The van der Waals surface area contributed by atoms with Crippen molar-refractivity contribution in [2.75, 3.05) is 0 Å². The predicted octanol–water partition coefficient (Wildman–Crippen LogP) is 7.17. The Morgan fingerprint density at radius 2 is 1.48 bits per heavy atom. The van der Waals surface area contributed by atoms with Crippen molar-refractivity contribution < 1.29 is 15.0 Å². The summed E-state index contributed by atoms with van der Waals surface area (Å²) in [5.41, 5.74) is 0.309.